The number of carbonyl (C=O) groups is 2. The van der Waals surface area contributed by atoms with Crippen LogP contribution in [0.2, 0.25) is 0 Å². The molecular weight excluding hydrogens is 244 g/mol. The third-order valence-electron chi connectivity index (χ3n) is 2.45. The van der Waals surface area contributed by atoms with Gasteiger partial charge in [-0.1, -0.05) is 13.8 Å². The van der Waals surface area contributed by atoms with E-state index >= 15 is 0 Å². The Morgan fingerprint density at radius 3 is 2.47 bits per heavy atom. The van der Waals surface area contributed by atoms with Gasteiger partial charge in [0.15, 0.2) is 5.78 Å². The first-order valence-corrected chi connectivity index (χ1v) is 6.40. The Balaban J connectivity index is 3.07. The molecule has 19 heavy (non-hydrogen) atoms. The van der Waals surface area contributed by atoms with Crippen molar-refractivity contribution in [3.05, 3.63) is 29.3 Å². The van der Waals surface area contributed by atoms with Gasteiger partial charge in [0.05, 0.1) is 13.2 Å². The van der Waals surface area contributed by atoms with E-state index in [2.05, 4.69) is 0 Å². The van der Waals surface area contributed by atoms with Gasteiger partial charge in [0.2, 0.25) is 0 Å². The molecule has 0 bridgehead atoms. The molecule has 0 aliphatic carbocycles. The molecule has 0 aliphatic heterocycles. The van der Waals surface area contributed by atoms with Crippen LogP contribution in [0.25, 0.3) is 0 Å². The number of hydrogen-bond donors (Lipinski definition) is 0. The van der Waals surface area contributed by atoms with Crippen LogP contribution in [-0.2, 0) is 4.74 Å². The molecule has 0 radical (unpaired) electrons. The zero-order chi connectivity index (χ0) is 14.4. The van der Waals surface area contributed by atoms with Gasteiger partial charge in [0.25, 0.3) is 0 Å². The minimum atomic E-state index is -0.468. The highest BCUT2D eigenvalue weighted by molar-refractivity contribution is 5.99. The van der Waals surface area contributed by atoms with E-state index in [0.717, 1.165) is 0 Å². The molecule has 1 rings (SSSR count). The van der Waals surface area contributed by atoms with Crippen LogP contribution in [0, 0.1) is 5.92 Å². The summed E-state index contributed by atoms with van der Waals surface area (Å²) in [5.41, 5.74) is 0.773. The van der Waals surface area contributed by atoms with Crippen LogP contribution in [0.3, 0.4) is 0 Å². The topological polar surface area (TPSA) is 52.6 Å². The monoisotopic (exact) mass is 264 g/mol. The number of benzene rings is 1. The fourth-order valence-corrected chi connectivity index (χ4v) is 1.50. The van der Waals surface area contributed by atoms with Gasteiger partial charge >= 0.3 is 5.97 Å². The SMILES string of the molecule is CCOC(=O)c1cc(C(C)=O)ccc1OCC(C)C. The Bertz CT molecular complexity index is 463. The number of Topliss-reactive ketones (excluding diaryl/α,β-unsaturated/α-hetero) is 1. The number of rotatable bonds is 6. The molecule has 0 saturated heterocycles. The second kappa shape index (κ2) is 6.92. The molecule has 1 aromatic carbocycles. The Morgan fingerprint density at radius 1 is 1.26 bits per heavy atom. The third kappa shape index (κ3) is 4.39. The minimum absolute atomic E-state index is 0.0963. The normalized spacial score (nSPS) is 10.4. The van der Waals surface area contributed by atoms with Gasteiger partial charge < -0.3 is 9.47 Å². The van der Waals surface area contributed by atoms with E-state index in [1.807, 2.05) is 13.8 Å². The lowest BCUT2D eigenvalue weighted by atomic mass is 10.1. The second-order valence-electron chi connectivity index (χ2n) is 4.69. The van der Waals surface area contributed by atoms with Gasteiger partial charge in [-0.25, -0.2) is 4.79 Å². The summed E-state index contributed by atoms with van der Waals surface area (Å²) in [6.45, 7) is 8.03. The van der Waals surface area contributed by atoms with Crippen molar-refractivity contribution in [2.24, 2.45) is 5.92 Å². The van der Waals surface area contributed by atoms with Gasteiger partial charge in [0, 0.05) is 5.56 Å². The average Bonchev–Trinajstić information content (AvgIpc) is 2.36. The molecule has 0 N–H and O–H groups in total. The number of esters is 1. The van der Waals surface area contributed by atoms with E-state index in [-0.39, 0.29) is 12.4 Å². The molecule has 1 aromatic rings. The first-order chi connectivity index (χ1) is 8.95. The van der Waals surface area contributed by atoms with Crippen molar-refractivity contribution in [3.63, 3.8) is 0 Å². The molecule has 0 unspecified atom stereocenters. The molecule has 0 atom stereocenters. The van der Waals surface area contributed by atoms with Crippen molar-refractivity contribution >= 4 is 11.8 Å². The zero-order valence-corrected chi connectivity index (χ0v) is 11.9. The number of hydrogen-bond acceptors (Lipinski definition) is 4. The summed E-state index contributed by atoms with van der Waals surface area (Å²) in [6.07, 6.45) is 0. The predicted molar refractivity (Wildman–Crippen MR) is 72.7 cm³/mol. The smallest absolute Gasteiger partial charge is 0.341 e. The maximum atomic E-state index is 11.9. The van der Waals surface area contributed by atoms with Crippen molar-refractivity contribution < 1.29 is 19.1 Å². The highest BCUT2D eigenvalue weighted by Crippen LogP contribution is 2.22. The molecule has 0 heterocycles. The van der Waals surface area contributed by atoms with Crippen LogP contribution in [0.4, 0.5) is 0 Å². The molecule has 0 aromatic heterocycles. The van der Waals surface area contributed by atoms with Gasteiger partial charge in [-0.05, 0) is 38.0 Å². The van der Waals surface area contributed by atoms with Gasteiger partial charge in [0.1, 0.15) is 11.3 Å². The molecule has 0 aliphatic rings. The maximum absolute atomic E-state index is 11.9. The summed E-state index contributed by atoms with van der Waals surface area (Å²) >= 11 is 0. The van der Waals surface area contributed by atoms with Crippen molar-refractivity contribution in [1.29, 1.82) is 0 Å². The largest absolute Gasteiger partial charge is 0.492 e. The van der Waals surface area contributed by atoms with Crippen molar-refractivity contribution in [1.82, 2.24) is 0 Å². The molecule has 0 amide bonds. The minimum Gasteiger partial charge on any atom is -0.492 e. The highest BCUT2D eigenvalue weighted by atomic mass is 16.5. The summed E-state index contributed by atoms with van der Waals surface area (Å²) < 4.78 is 10.6. The van der Waals surface area contributed by atoms with Crippen molar-refractivity contribution in [3.8, 4) is 5.75 Å². The Kier molecular flexibility index (Phi) is 5.55. The quantitative estimate of drug-likeness (QED) is 0.585. The Hall–Kier alpha value is -1.84. The molecular formula is C15H20O4. The van der Waals surface area contributed by atoms with E-state index < -0.39 is 5.97 Å². The summed E-state index contributed by atoms with van der Waals surface area (Å²) in [5.74, 6) is 0.241. The highest BCUT2D eigenvalue weighted by Gasteiger charge is 2.16. The van der Waals surface area contributed by atoms with E-state index in [9.17, 15) is 9.59 Å². The van der Waals surface area contributed by atoms with Crippen molar-refractivity contribution in [2.75, 3.05) is 13.2 Å². The van der Waals surface area contributed by atoms with Crippen LogP contribution >= 0.6 is 0 Å². The van der Waals surface area contributed by atoms with Crippen LogP contribution < -0.4 is 4.74 Å². The summed E-state index contributed by atoms with van der Waals surface area (Å²) in [7, 11) is 0. The van der Waals surface area contributed by atoms with Crippen LogP contribution in [0.5, 0.6) is 5.75 Å². The Labute approximate surface area is 113 Å². The lowest BCUT2D eigenvalue weighted by Gasteiger charge is -2.13. The fraction of sp³-hybridized carbons (Fsp3) is 0.467. The standard InChI is InChI=1S/C15H20O4/c1-5-18-15(17)13-8-12(11(4)16)6-7-14(13)19-9-10(2)3/h6-8,10H,5,9H2,1-4H3. The number of ether oxygens (including phenoxy) is 2. The maximum Gasteiger partial charge on any atom is 0.341 e. The molecule has 4 nitrogen and oxygen atoms in total. The lowest BCUT2D eigenvalue weighted by molar-refractivity contribution is 0.0521. The molecule has 0 fully saturated rings. The zero-order valence-electron chi connectivity index (χ0n) is 11.9. The van der Waals surface area contributed by atoms with Crippen LogP contribution in [-0.4, -0.2) is 25.0 Å². The molecule has 0 spiro atoms. The van der Waals surface area contributed by atoms with Crippen molar-refractivity contribution in [2.45, 2.75) is 27.7 Å². The van der Waals surface area contributed by atoms with E-state index in [1.54, 1.807) is 19.1 Å². The lowest BCUT2D eigenvalue weighted by Crippen LogP contribution is -2.12. The van der Waals surface area contributed by atoms with E-state index in [1.165, 1.54) is 13.0 Å². The molecule has 4 heteroatoms. The summed E-state index contributed by atoms with van der Waals surface area (Å²) in [5, 5.41) is 0. The second-order valence-corrected chi connectivity index (χ2v) is 4.69. The van der Waals surface area contributed by atoms with Gasteiger partial charge in [-0.15, -0.1) is 0 Å². The van der Waals surface area contributed by atoms with Gasteiger partial charge in [-0.2, -0.15) is 0 Å². The first-order valence-electron chi connectivity index (χ1n) is 6.40. The first kappa shape index (κ1) is 15.2. The number of ketones is 1. The third-order valence-corrected chi connectivity index (χ3v) is 2.45. The summed E-state index contributed by atoms with van der Waals surface area (Å²) in [4.78, 5) is 23.2. The molecule has 104 valence electrons. The molecule has 0 saturated carbocycles. The van der Waals surface area contributed by atoms with Crippen LogP contribution in [0.15, 0.2) is 18.2 Å². The van der Waals surface area contributed by atoms with Crippen LogP contribution in [0.1, 0.15) is 48.4 Å². The predicted octanol–water partition coefficient (Wildman–Crippen LogP) is 3.10. The number of carbonyl (C=O) groups excluding carboxylic acids is 2. The summed E-state index contributed by atoms with van der Waals surface area (Å²) in [6, 6.07) is 4.82. The van der Waals surface area contributed by atoms with Gasteiger partial charge in [-0.3, -0.25) is 4.79 Å². The average molecular weight is 264 g/mol. The Morgan fingerprint density at radius 2 is 1.95 bits per heavy atom. The van der Waals surface area contributed by atoms with E-state index in [4.69, 9.17) is 9.47 Å². The van der Waals surface area contributed by atoms with E-state index in [0.29, 0.717) is 29.4 Å². The fourth-order valence-electron chi connectivity index (χ4n) is 1.50.